The van der Waals surface area contributed by atoms with E-state index in [9.17, 15) is 8.78 Å². The molecule has 0 aliphatic carbocycles. The predicted octanol–water partition coefficient (Wildman–Crippen LogP) is 4.06. The molecular formula is C15H13F2N3. The van der Waals surface area contributed by atoms with Crippen molar-refractivity contribution < 1.29 is 8.78 Å². The zero-order valence-electron chi connectivity index (χ0n) is 10.9. The summed E-state index contributed by atoms with van der Waals surface area (Å²) in [5, 5.41) is 4.53. The van der Waals surface area contributed by atoms with E-state index in [0.717, 1.165) is 5.56 Å². The van der Waals surface area contributed by atoms with Gasteiger partial charge in [0.25, 0.3) is 6.43 Å². The van der Waals surface area contributed by atoms with Crippen LogP contribution in [0, 0.1) is 0 Å². The fourth-order valence-electron chi connectivity index (χ4n) is 2.24. The van der Waals surface area contributed by atoms with Crippen molar-refractivity contribution in [2.75, 3.05) is 0 Å². The summed E-state index contributed by atoms with van der Waals surface area (Å²) in [6, 6.07) is 10.8. The van der Waals surface area contributed by atoms with Crippen LogP contribution < -0.4 is 0 Å². The van der Waals surface area contributed by atoms with E-state index in [2.05, 4.69) is 10.1 Å². The Hall–Kier alpha value is -2.30. The van der Waals surface area contributed by atoms with Crippen molar-refractivity contribution in [3.63, 3.8) is 0 Å². The van der Waals surface area contributed by atoms with Crippen molar-refractivity contribution >= 4 is 11.0 Å². The molecule has 2 aromatic heterocycles. The number of nitrogens with zero attached hydrogens (tertiary/aromatic N) is 3. The van der Waals surface area contributed by atoms with Crippen molar-refractivity contribution in [3.05, 3.63) is 48.2 Å². The lowest BCUT2D eigenvalue weighted by Gasteiger charge is -2.07. The fraction of sp³-hybridized carbons (Fsp3) is 0.200. The van der Waals surface area contributed by atoms with Gasteiger partial charge >= 0.3 is 0 Å². The quantitative estimate of drug-likeness (QED) is 0.720. The molecule has 3 aromatic rings. The maximum atomic E-state index is 13.2. The first-order valence-corrected chi connectivity index (χ1v) is 6.40. The van der Waals surface area contributed by atoms with Crippen molar-refractivity contribution in [1.82, 2.24) is 14.8 Å². The Morgan fingerprint density at radius 3 is 2.60 bits per heavy atom. The lowest BCUT2D eigenvalue weighted by molar-refractivity contribution is 0.153. The van der Waals surface area contributed by atoms with Crippen LogP contribution >= 0.6 is 0 Å². The summed E-state index contributed by atoms with van der Waals surface area (Å²) in [5.41, 5.74) is 1.85. The number of aromatic nitrogens is 3. The van der Waals surface area contributed by atoms with Gasteiger partial charge in [-0.15, -0.1) is 0 Å². The molecule has 0 fully saturated rings. The van der Waals surface area contributed by atoms with E-state index in [4.69, 9.17) is 0 Å². The number of halogens is 2. The minimum Gasteiger partial charge on any atom is -0.248 e. The Kier molecular flexibility index (Phi) is 3.18. The van der Waals surface area contributed by atoms with Crippen LogP contribution in [0.4, 0.5) is 8.78 Å². The number of aryl methyl sites for hydroxylation is 1. The number of hydrogen-bond acceptors (Lipinski definition) is 2. The van der Waals surface area contributed by atoms with E-state index < -0.39 is 6.43 Å². The van der Waals surface area contributed by atoms with Crippen LogP contribution in [0.2, 0.25) is 0 Å². The molecule has 0 saturated carbocycles. The summed E-state index contributed by atoms with van der Waals surface area (Å²) in [7, 11) is 0. The van der Waals surface area contributed by atoms with Crippen LogP contribution in [-0.2, 0) is 6.54 Å². The zero-order chi connectivity index (χ0) is 14.1. The van der Waals surface area contributed by atoms with Gasteiger partial charge in [-0.2, -0.15) is 5.10 Å². The lowest BCUT2D eigenvalue weighted by atomic mass is 10.1. The normalized spacial score (nSPS) is 11.4. The lowest BCUT2D eigenvalue weighted by Crippen LogP contribution is -1.99. The van der Waals surface area contributed by atoms with Crippen LogP contribution in [0.1, 0.15) is 18.9 Å². The standard InChI is InChI=1S/C15H13F2N3/c1-2-20-15-12(9-18-20)11(14(16)17)8-13(19-15)10-6-4-3-5-7-10/h3-9,14H,2H2,1H3. The highest BCUT2D eigenvalue weighted by Gasteiger charge is 2.17. The monoisotopic (exact) mass is 273 g/mol. The van der Waals surface area contributed by atoms with Gasteiger partial charge in [-0.05, 0) is 13.0 Å². The second-order valence-electron chi connectivity index (χ2n) is 4.46. The topological polar surface area (TPSA) is 30.7 Å². The summed E-state index contributed by atoms with van der Waals surface area (Å²) < 4.78 is 28.1. The van der Waals surface area contributed by atoms with E-state index in [-0.39, 0.29) is 5.56 Å². The van der Waals surface area contributed by atoms with E-state index in [1.165, 1.54) is 12.3 Å². The molecule has 20 heavy (non-hydrogen) atoms. The highest BCUT2D eigenvalue weighted by molar-refractivity contribution is 5.82. The van der Waals surface area contributed by atoms with Gasteiger partial charge in [0.2, 0.25) is 0 Å². The Morgan fingerprint density at radius 1 is 1.20 bits per heavy atom. The van der Waals surface area contributed by atoms with Gasteiger partial charge in [0, 0.05) is 23.1 Å². The van der Waals surface area contributed by atoms with Crippen molar-refractivity contribution in [1.29, 1.82) is 0 Å². The molecule has 0 N–H and O–H groups in total. The first kappa shape index (κ1) is 12.7. The van der Waals surface area contributed by atoms with Crippen molar-refractivity contribution in [3.8, 4) is 11.3 Å². The molecule has 102 valence electrons. The molecule has 0 bridgehead atoms. The van der Waals surface area contributed by atoms with Gasteiger partial charge in [0.1, 0.15) is 0 Å². The third kappa shape index (κ3) is 2.05. The molecule has 0 aliphatic heterocycles. The van der Waals surface area contributed by atoms with Gasteiger partial charge < -0.3 is 0 Å². The molecule has 0 amide bonds. The molecule has 3 rings (SSSR count). The first-order chi connectivity index (χ1) is 9.70. The number of pyridine rings is 1. The Labute approximate surface area is 114 Å². The maximum Gasteiger partial charge on any atom is 0.264 e. The molecule has 0 aliphatic rings. The molecule has 0 spiro atoms. The van der Waals surface area contributed by atoms with Gasteiger partial charge in [-0.25, -0.2) is 18.4 Å². The van der Waals surface area contributed by atoms with Crippen molar-refractivity contribution in [2.45, 2.75) is 19.9 Å². The molecular weight excluding hydrogens is 260 g/mol. The van der Waals surface area contributed by atoms with E-state index in [1.807, 2.05) is 37.3 Å². The summed E-state index contributed by atoms with van der Waals surface area (Å²) in [6.07, 6.45) is -1.08. The van der Waals surface area contributed by atoms with Gasteiger partial charge in [0.05, 0.1) is 11.9 Å². The minimum atomic E-state index is -2.54. The highest BCUT2D eigenvalue weighted by Crippen LogP contribution is 2.30. The van der Waals surface area contributed by atoms with Crippen LogP contribution in [0.25, 0.3) is 22.3 Å². The second-order valence-corrected chi connectivity index (χ2v) is 4.46. The van der Waals surface area contributed by atoms with Crippen LogP contribution in [-0.4, -0.2) is 14.8 Å². The molecule has 3 nitrogen and oxygen atoms in total. The second kappa shape index (κ2) is 5.00. The number of fused-ring (bicyclic) bond motifs is 1. The third-order valence-corrected chi connectivity index (χ3v) is 3.25. The maximum absolute atomic E-state index is 13.2. The van der Waals surface area contributed by atoms with Gasteiger partial charge in [-0.3, -0.25) is 0 Å². The highest BCUT2D eigenvalue weighted by atomic mass is 19.3. The first-order valence-electron chi connectivity index (χ1n) is 6.40. The number of hydrogen-bond donors (Lipinski definition) is 0. The van der Waals surface area contributed by atoms with Gasteiger partial charge in [-0.1, -0.05) is 30.3 Å². The SMILES string of the molecule is CCn1ncc2c(C(F)F)cc(-c3ccccc3)nc21. The molecule has 5 heteroatoms. The molecule has 2 heterocycles. The van der Waals surface area contributed by atoms with Crippen molar-refractivity contribution in [2.24, 2.45) is 0 Å². The van der Waals surface area contributed by atoms with Gasteiger partial charge in [0.15, 0.2) is 5.65 Å². The fourth-order valence-corrected chi connectivity index (χ4v) is 2.24. The average Bonchev–Trinajstić information content (AvgIpc) is 2.89. The molecule has 1 aromatic carbocycles. The smallest absolute Gasteiger partial charge is 0.248 e. The Bertz CT molecular complexity index is 735. The van der Waals surface area contributed by atoms with Crippen LogP contribution in [0.5, 0.6) is 0 Å². The molecule has 0 saturated heterocycles. The van der Waals surface area contributed by atoms with E-state index in [1.54, 1.807) is 4.68 Å². The molecule has 0 radical (unpaired) electrons. The number of alkyl halides is 2. The molecule has 0 atom stereocenters. The predicted molar refractivity (Wildman–Crippen MR) is 73.6 cm³/mol. The Morgan fingerprint density at radius 2 is 1.95 bits per heavy atom. The minimum absolute atomic E-state index is 0.0199. The Balaban J connectivity index is 2.29. The number of benzene rings is 1. The summed E-state index contributed by atoms with van der Waals surface area (Å²) >= 11 is 0. The average molecular weight is 273 g/mol. The summed E-state index contributed by atoms with van der Waals surface area (Å²) in [6.45, 7) is 2.50. The largest absolute Gasteiger partial charge is 0.264 e. The van der Waals surface area contributed by atoms with Crippen LogP contribution in [0.15, 0.2) is 42.6 Å². The third-order valence-electron chi connectivity index (χ3n) is 3.25. The van der Waals surface area contributed by atoms with E-state index >= 15 is 0 Å². The van der Waals surface area contributed by atoms with E-state index in [0.29, 0.717) is 23.3 Å². The van der Waals surface area contributed by atoms with Crippen LogP contribution in [0.3, 0.4) is 0 Å². The molecule has 0 unspecified atom stereocenters. The number of rotatable bonds is 3. The summed E-state index contributed by atoms with van der Waals surface area (Å²) in [5.74, 6) is 0. The zero-order valence-corrected chi connectivity index (χ0v) is 10.9. The summed E-state index contributed by atoms with van der Waals surface area (Å²) in [4.78, 5) is 4.49.